The molecule has 1 aromatic carbocycles. The fraction of sp³-hybridized carbons (Fsp3) is 0.619. The number of hydrogen-bond acceptors (Lipinski definition) is 5. The molecule has 2 aromatic rings. The van der Waals surface area contributed by atoms with Crippen molar-refractivity contribution in [2.45, 2.75) is 44.3 Å². The number of hydrogen-bond donors (Lipinski definition) is 1. The zero-order chi connectivity index (χ0) is 19.0. The van der Waals surface area contributed by atoms with Crippen LogP contribution in [0.2, 0.25) is 0 Å². The highest BCUT2D eigenvalue weighted by Crippen LogP contribution is 2.40. The first kappa shape index (κ1) is 19.0. The van der Waals surface area contributed by atoms with Crippen LogP contribution in [0, 0.1) is 17.3 Å². The molecule has 0 amide bonds. The maximum absolute atomic E-state index is 13.4. The van der Waals surface area contributed by atoms with Crippen molar-refractivity contribution in [3.63, 3.8) is 0 Å². The smallest absolute Gasteiger partial charge is 0.262 e. The summed E-state index contributed by atoms with van der Waals surface area (Å²) in [6, 6.07) is 7.80. The van der Waals surface area contributed by atoms with Gasteiger partial charge in [0.25, 0.3) is 5.56 Å². The van der Waals surface area contributed by atoms with Gasteiger partial charge in [-0.15, -0.1) is 0 Å². The Hall–Kier alpha value is -1.37. The second kappa shape index (κ2) is 7.57. The van der Waals surface area contributed by atoms with E-state index < -0.39 is 0 Å². The summed E-state index contributed by atoms with van der Waals surface area (Å²) < 4.78 is 7.28. The maximum Gasteiger partial charge on any atom is 0.262 e. The lowest BCUT2D eigenvalue weighted by atomic mass is 9.78. The Bertz CT molecular complexity index is 872. The third-order valence-corrected chi connectivity index (χ3v) is 7.73. The van der Waals surface area contributed by atoms with E-state index in [2.05, 4.69) is 13.8 Å². The average molecular weight is 389 g/mol. The molecule has 1 aliphatic heterocycles. The van der Waals surface area contributed by atoms with Crippen LogP contribution in [-0.4, -0.2) is 40.2 Å². The zero-order valence-corrected chi connectivity index (χ0v) is 16.9. The normalized spacial score (nSPS) is 27.4. The summed E-state index contributed by atoms with van der Waals surface area (Å²) >= 11 is 1.59. The SMILES string of the molecule is C[C@H]1[C@H](C)CCC[C@@H]1n1c(SCC2(CO)COC2)nc2ccccc2c1=O. The van der Waals surface area contributed by atoms with Crippen molar-refractivity contribution in [1.29, 1.82) is 0 Å². The van der Waals surface area contributed by atoms with E-state index in [1.54, 1.807) is 11.8 Å². The molecule has 27 heavy (non-hydrogen) atoms. The third-order valence-electron chi connectivity index (χ3n) is 6.43. The largest absolute Gasteiger partial charge is 0.396 e. The first-order chi connectivity index (χ1) is 13.0. The predicted molar refractivity (Wildman–Crippen MR) is 108 cm³/mol. The number of rotatable bonds is 5. The van der Waals surface area contributed by atoms with Crippen molar-refractivity contribution in [3.8, 4) is 0 Å². The number of fused-ring (bicyclic) bond motifs is 1. The highest BCUT2D eigenvalue weighted by molar-refractivity contribution is 7.99. The molecule has 0 unspecified atom stereocenters. The number of aliphatic hydroxyl groups excluding tert-OH is 1. The fourth-order valence-corrected chi connectivity index (χ4v) is 5.48. The van der Waals surface area contributed by atoms with Gasteiger partial charge < -0.3 is 9.84 Å². The summed E-state index contributed by atoms with van der Waals surface area (Å²) in [5.41, 5.74) is 0.613. The van der Waals surface area contributed by atoms with Gasteiger partial charge in [-0.3, -0.25) is 9.36 Å². The molecule has 1 saturated heterocycles. The van der Waals surface area contributed by atoms with Crippen LogP contribution in [0.25, 0.3) is 10.9 Å². The van der Waals surface area contributed by atoms with Gasteiger partial charge in [-0.2, -0.15) is 0 Å². The Kier molecular flexibility index (Phi) is 5.32. The molecule has 2 heterocycles. The number of thioether (sulfide) groups is 1. The molecular weight excluding hydrogens is 360 g/mol. The van der Waals surface area contributed by atoms with Crippen molar-refractivity contribution < 1.29 is 9.84 Å². The molecule has 3 atom stereocenters. The zero-order valence-electron chi connectivity index (χ0n) is 16.1. The van der Waals surface area contributed by atoms with Crippen molar-refractivity contribution in [2.24, 2.45) is 17.3 Å². The highest BCUT2D eigenvalue weighted by atomic mass is 32.2. The van der Waals surface area contributed by atoms with Gasteiger partial charge in [0.2, 0.25) is 0 Å². The van der Waals surface area contributed by atoms with Gasteiger partial charge in [0.15, 0.2) is 5.16 Å². The summed E-state index contributed by atoms with van der Waals surface area (Å²) in [5, 5.41) is 11.2. The first-order valence-corrected chi connectivity index (χ1v) is 10.9. The number of para-hydroxylation sites is 1. The van der Waals surface area contributed by atoms with E-state index in [-0.39, 0.29) is 23.6 Å². The first-order valence-electron chi connectivity index (χ1n) is 9.87. The van der Waals surface area contributed by atoms with Gasteiger partial charge in [0, 0.05) is 17.2 Å². The molecule has 0 radical (unpaired) electrons. The topological polar surface area (TPSA) is 64.3 Å². The van der Waals surface area contributed by atoms with Gasteiger partial charge in [0.1, 0.15) is 0 Å². The summed E-state index contributed by atoms with van der Waals surface area (Å²) in [6.45, 7) is 5.81. The number of benzene rings is 1. The Morgan fingerprint density at radius 1 is 1.30 bits per heavy atom. The van der Waals surface area contributed by atoms with E-state index in [1.165, 1.54) is 6.42 Å². The molecule has 146 valence electrons. The van der Waals surface area contributed by atoms with Crippen molar-refractivity contribution in [2.75, 3.05) is 25.6 Å². The standard InChI is InChI=1S/C21H28N2O3S/c1-14-6-5-9-18(15(14)2)23-19(25)16-7-3-4-8-17(16)22-20(23)27-13-21(10-24)11-26-12-21/h3-4,7-8,14-15,18,24H,5-6,9-13H2,1-2H3/t14-,15+,18+/m1/s1. The van der Waals surface area contributed by atoms with Crippen LogP contribution in [0.3, 0.4) is 0 Å². The Morgan fingerprint density at radius 2 is 2.07 bits per heavy atom. The van der Waals surface area contributed by atoms with E-state index in [0.717, 1.165) is 23.5 Å². The van der Waals surface area contributed by atoms with Crippen LogP contribution in [0.15, 0.2) is 34.2 Å². The van der Waals surface area contributed by atoms with E-state index in [1.807, 2.05) is 28.8 Å². The van der Waals surface area contributed by atoms with Gasteiger partial charge in [-0.05, 0) is 30.4 Å². The predicted octanol–water partition coefficient (Wildman–Crippen LogP) is 3.49. The Morgan fingerprint density at radius 3 is 2.78 bits per heavy atom. The quantitative estimate of drug-likeness (QED) is 0.627. The molecule has 0 bridgehead atoms. The molecule has 6 heteroatoms. The second-order valence-corrected chi connectivity index (χ2v) is 9.30. The van der Waals surface area contributed by atoms with E-state index in [0.29, 0.717) is 36.2 Å². The minimum Gasteiger partial charge on any atom is -0.396 e. The van der Waals surface area contributed by atoms with Gasteiger partial charge in [-0.1, -0.05) is 50.6 Å². The van der Waals surface area contributed by atoms with Gasteiger partial charge in [0.05, 0.1) is 30.7 Å². The summed E-state index contributed by atoms with van der Waals surface area (Å²) in [5.74, 6) is 1.76. The third kappa shape index (κ3) is 3.43. The number of aliphatic hydroxyl groups is 1. The molecule has 0 spiro atoms. The molecule has 4 rings (SSSR count). The number of ether oxygens (including phenoxy) is 1. The molecule has 2 aliphatic rings. The molecule has 1 aromatic heterocycles. The van der Waals surface area contributed by atoms with E-state index in [4.69, 9.17) is 9.72 Å². The maximum atomic E-state index is 13.4. The van der Waals surface area contributed by atoms with Gasteiger partial charge in [-0.25, -0.2) is 4.98 Å². The number of aromatic nitrogens is 2. The van der Waals surface area contributed by atoms with Crippen LogP contribution >= 0.6 is 11.8 Å². The highest BCUT2D eigenvalue weighted by Gasteiger charge is 2.39. The van der Waals surface area contributed by atoms with E-state index >= 15 is 0 Å². The Balaban J connectivity index is 1.77. The number of nitrogens with zero attached hydrogens (tertiary/aromatic N) is 2. The lowest BCUT2D eigenvalue weighted by Crippen LogP contribution is -2.47. The summed E-state index contributed by atoms with van der Waals surface area (Å²) in [7, 11) is 0. The molecule has 2 fully saturated rings. The van der Waals surface area contributed by atoms with Crippen LogP contribution < -0.4 is 5.56 Å². The minimum absolute atomic E-state index is 0.0666. The van der Waals surface area contributed by atoms with E-state index in [9.17, 15) is 9.90 Å². The molecule has 1 aliphatic carbocycles. The van der Waals surface area contributed by atoms with Crippen LogP contribution in [0.1, 0.15) is 39.2 Å². The molecule has 1 N–H and O–H groups in total. The van der Waals surface area contributed by atoms with Crippen molar-refractivity contribution >= 4 is 22.7 Å². The van der Waals surface area contributed by atoms with Crippen LogP contribution in [-0.2, 0) is 4.74 Å². The van der Waals surface area contributed by atoms with Crippen LogP contribution in [0.5, 0.6) is 0 Å². The van der Waals surface area contributed by atoms with Crippen molar-refractivity contribution in [1.82, 2.24) is 9.55 Å². The lowest BCUT2D eigenvalue weighted by Gasteiger charge is -2.40. The van der Waals surface area contributed by atoms with Crippen molar-refractivity contribution in [3.05, 3.63) is 34.6 Å². The second-order valence-electron chi connectivity index (χ2n) is 8.36. The monoisotopic (exact) mass is 388 g/mol. The fourth-order valence-electron chi connectivity index (χ4n) is 4.27. The van der Waals surface area contributed by atoms with Gasteiger partial charge >= 0.3 is 0 Å². The summed E-state index contributed by atoms with van der Waals surface area (Å²) in [6.07, 6.45) is 3.39. The van der Waals surface area contributed by atoms with Crippen LogP contribution in [0.4, 0.5) is 0 Å². The summed E-state index contributed by atoms with van der Waals surface area (Å²) in [4.78, 5) is 18.3. The molecule has 1 saturated carbocycles. The minimum atomic E-state index is -0.204. The molecule has 5 nitrogen and oxygen atoms in total. The lowest BCUT2D eigenvalue weighted by molar-refractivity contribution is -0.121. The molecular formula is C21H28N2O3S. The average Bonchev–Trinajstić information content (AvgIpc) is 2.64. The Labute approximate surface area is 164 Å².